The van der Waals surface area contributed by atoms with Gasteiger partial charge in [-0.1, -0.05) is 24.3 Å². The summed E-state index contributed by atoms with van der Waals surface area (Å²) in [4.78, 5) is 6.38. The maximum atomic E-state index is 4.93. The second-order valence-corrected chi connectivity index (χ2v) is 7.46. The van der Waals surface area contributed by atoms with Gasteiger partial charge in [-0.05, 0) is 56.7 Å². The van der Waals surface area contributed by atoms with Gasteiger partial charge >= 0.3 is 0 Å². The number of fused-ring (bicyclic) bond motifs is 3. The lowest BCUT2D eigenvalue weighted by Crippen LogP contribution is -2.31. The van der Waals surface area contributed by atoms with E-state index in [0.717, 1.165) is 37.1 Å². The van der Waals surface area contributed by atoms with Crippen molar-refractivity contribution in [2.24, 2.45) is 5.92 Å². The van der Waals surface area contributed by atoms with Crippen LogP contribution in [0.2, 0.25) is 0 Å². The van der Waals surface area contributed by atoms with Crippen LogP contribution in [0.5, 0.6) is 0 Å². The lowest BCUT2D eigenvalue weighted by molar-refractivity contribution is 0.390. The van der Waals surface area contributed by atoms with E-state index in [2.05, 4.69) is 34.9 Å². The summed E-state index contributed by atoms with van der Waals surface area (Å²) >= 11 is 1.86. The van der Waals surface area contributed by atoms with Gasteiger partial charge in [0.1, 0.15) is 0 Å². The van der Waals surface area contributed by atoms with Gasteiger partial charge in [-0.15, -0.1) is 11.3 Å². The quantitative estimate of drug-likeness (QED) is 0.907. The molecular weight excluding hydrogens is 290 g/mol. The van der Waals surface area contributed by atoms with Gasteiger partial charge in [-0.2, -0.15) is 0 Å². The fourth-order valence-corrected chi connectivity index (χ4v) is 4.56. The molecule has 2 heterocycles. The summed E-state index contributed by atoms with van der Waals surface area (Å²) in [7, 11) is 0. The van der Waals surface area contributed by atoms with Gasteiger partial charge in [0, 0.05) is 17.0 Å². The molecule has 0 unspecified atom stereocenters. The molecule has 1 aliphatic heterocycles. The molecule has 0 amide bonds. The van der Waals surface area contributed by atoms with Gasteiger partial charge in [-0.3, -0.25) is 0 Å². The molecule has 2 N–H and O–H groups in total. The zero-order valence-electron chi connectivity index (χ0n) is 12.9. The van der Waals surface area contributed by atoms with Crippen LogP contribution in [0, 0.1) is 5.92 Å². The monoisotopic (exact) mass is 313 g/mol. The smallest absolute Gasteiger partial charge is 0.183 e. The van der Waals surface area contributed by atoms with E-state index in [0.29, 0.717) is 0 Å². The lowest BCUT2D eigenvalue weighted by atomic mass is 9.98. The number of aryl methyl sites for hydroxylation is 2. The molecule has 2 aliphatic rings. The summed E-state index contributed by atoms with van der Waals surface area (Å²) in [5, 5.41) is 8.14. The van der Waals surface area contributed by atoms with Crippen molar-refractivity contribution in [3.63, 3.8) is 0 Å². The molecule has 1 fully saturated rings. The maximum Gasteiger partial charge on any atom is 0.183 e. The topological polar surface area (TPSA) is 37.0 Å². The minimum absolute atomic E-state index is 0.789. The molecule has 3 nitrogen and oxygen atoms in total. The fourth-order valence-electron chi connectivity index (χ4n) is 3.53. The maximum absolute atomic E-state index is 4.93. The first kappa shape index (κ1) is 14.2. The Bertz CT molecular complexity index is 644. The molecule has 4 heteroatoms. The van der Waals surface area contributed by atoms with Gasteiger partial charge in [0.25, 0.3) is 0 Å². The van der Waals surface area contributed by atoms with Crippen LogP contribution in [0.15, 0.2) is 24.3 Å². The van der Waals surface area contributed by atoms with E-state index < -0.39 is 0 Å². The van der Waals surface area contributed by atoms with Crippen LogP contribution in [0.1, 0.15) is 29.7 Å². The van der Waals surface area contributed by atoms with E-state index in [9.17, 15) is 0 Å². The molecule has 0 atom stereocenters. The number of aromatic nitrogens is 1. The van der Waals surface area contributed by atoms with Crippen molar-refractivity contribution in [2.45, 2.75) is 32.1 Å². The Hall–Kier alpha value is -1.39. The van der Waals surface area contributed by atoms with Crippen molar-refractivity contribution in [3.05, 3.63) is 34.7 Å². The number of piperidine rings is 1. The van der Waals surface area contributed by atoms with E-state index in [1.54, 1.807) is 0 Å². The highest BCUT2D eigenvalue weighted by molar-refractivity contribution is 7.16. The Morgan fingerprint density at radius 2 is 2.05 bits per heavy atom. The third-order valence-electron chi connectivity index (χ3n) is 4.82. The van der Waals surface area contributed by atoms with E-state index >= 15 is 0 Å². The second kappa shape index (κ2) is 6.39. The van der Waals surface area contributed by atoms with Crippen molar-refractivity contribution in [3.8, 4) is 11.3 Å². The third kappa shape index (κ3) is 2.90. The van der Waals surface area contributed by atoms with Crippen molar-refractivity contribution in [1.82, 2.24) is 10.3 Å². The van der Waals surface area contributed by atoms with Crippen molar-refractivity contribution < 1.29 is 0 Å². The van der Waals surface area contributed by atoms with Crippen molar-refractivity contribution in [1.29, 1.82) is 0 Å². The van der Waals surface area contributed by atoms with E-state index in [1.807, 2.05) is 11.3 Å². The summed E-state index contributed by atoms with van der Waals surface area (Å²) in [5.41, 5.74) is 4.03. The highest BCUT2D eigenvalue weighted by atomic mass is 32.1. The molecule has 1 aromatic carbocycles. The molecule has 4 rings (SSSR count). The largest absolute Gasteiger partial charge is 0.361 e. The lowest BCUT2D eigenvalue weighted by Gasteiger charge is -2.22. The van der Waals surface area contributed by atoms with Gasteiger partial charge in [0.2, 0.25) is 0 Å². The summed E-state index contributed by atoms with van der Waals surface area (Å²) < 4.78 is 0. The molecule has 0 radical (unpaired) electrons. The number of benzene rings is 1. The highest BCUT2D eigenvalue weighted by Crippen LogP contribution is 2.37. The number of hydrogen-bond acceptors (Lipinski definition) is 4. The van der Waals surface area contributed by atoms with Gasteiger partial charge in [0.15, 0.2) is 5.13 Å². The van der Waals surface area contributed by atoms with Crippen LogP contribution in [0.25, 0.3) is 11.3 Å². The minimum atomic E-state index is 0.789. The number of hydrogen-bond donors (Lipinski definition) is 2. The molecule has 0 spiro atoms. The Labute approximate surface area is 136 Å². The van der Waals surface area contributed by atoms with E-state index in [1.165, 1.54) is 47.4 Å². The standard InChI is InChI=1S/C18H23N3S/c1-2-6-15-14(4-1)5-3-7-16-17(15)21-18(22-16)20-12-13-8-10-19-11-9-13/h1-2,4,6,13,19H,3,5,7-12H2,(H,20,21). The molecule has 116 valence electrons. The summed E-state index contributed by atoms with van der Waals surface area (Å²) in [6, 6.07) is 8.77. The third-order valence-corrected chi connectivity index (χ3v) is 5.89. The van der Waals surface area contributed by atoms with Gasteiger partial charge in [-0.25, -0.2) is 4.98 Å². The second-order valence-electron chi connectivity index (χ2n) is 6.38. The van der Waals surface area contributed by atoms with E-state index in [4.69, 9.17) is 4.98 Å². The molecule has 0 bridgehead atoms. The van der Waals surface area contributed by atoms with Crippen LogP contribution in [-0.4, -0.2) is 24.6 Å². The number of nitrogens with one attached hydrogen (secondary N) is 2. The first-order chi connectivity index (χ1) is 10.9. The molecular formula is C18H23N3S. The number of rotatable bonds is 3. The molecule has 2 aromatic rings. The number of anilines is 1. The number of thiazole rings is 1. The first-order valence-electron chi connectivity index (χ1n) is 8.43. The first-order valence-corrected chi connectivity index (χ1v) is 9.24. The normalized spacial score (nSPS) is 18.4. The van der Waals surface area contributed by atoms with Crippen LogP contribution in [0.3, 0.4) is 0 Å². The molecule has 1 saturated heterocycles. The summed E-state index contributed by atoms with van der Waals surface area (Å²) in [6.45, 7) is 3.39. The predicted molar refractivity (Wildman–Crippen MR) is 93.7 cm³/mol. The van der Waals surface area contributed by atoms with Crippen molar-refractivity contribution in [2.75, 3.05) is 25.0 Å². The van der Waals surface area contributed by atoms with Gasteiger partial charge < -0.3 is 10.6 Å². The Kier molecular flexibility index (Phi) is 4.13. The number of nitrogens with zero attached hydrogens (tertiary/aromatic N) is 1. The van der Waals surface area contributed by atoms with E-state index in [-0.39, 0.29) is 0 Å². The predicted octanol–water partition coefficient (Wildman–Crippen LogP) is 3.71. The molecule has 22 heavy (non-hydrogen) atoms. The molecule has 0 saturated carbocycles. The summed E-state index contributed by atoms with van der Waals surface area (Å²) in [6.07, 6.45) is 6.13. The van der Waals surface area contributed by atoms with Crippen LogP contribution in [0.4, 0.5) is 5.13 Å². The van der Waals surface area contributed by atoms with Crippen molar-refractivity contribution >= 4 is 16.5 Å². The minimum Gasteiger partial charge on any atom is -0.361 e. The zero-order chi connectivity index (χ0) is 14.8. The summed E-state index contributed by atoms with van der Waals surface area (Å²) in [5.74, 6) is 0.789. The Balaban J connectivity index is 1.53. The SMILES string of the molecule is c1ccc2c(c1)CCCc1sc(NCC3CCNCC3)nc1-2. The molecule has 1 aromatic heterocycles. The fraction of sp³-hybridized carbons (Fsp3) is 0.500. The Morgan fingerprint density at radius 1 is 1.18 bits per heavy atom. The average Bonchev–Trinajstić information content (AvgIpc) is 2.90. The molecule has 1 aliphatic carbocycles. The average molecular weight is 313 g/mol. The van der Waals surface area contributed by atoms with Crippen LogP contribution in [-0.2, 0) is 12.8 Å². The zero-order valence-corrected chi connectivity index (χ0v) is 13.7. The highest BCUT2D eigenvalue weighted by Gasteiger charge is 2.19. The van der Waals surface area contributed by atoms with Crippen LogP contribution >= 0.6 is 11.3 Å². The van der Waals surface area contributed by atoms with Crippen LogP contribution < -0.4 is 10.6 Å². The Morgan fingerprint density at radius 3 is 2.95 bits per heavy atom. The van der Waals surface area contributed by atoms with Gasteiger partial charge in [0.05, 0.1) is 5.69 Å².